The van der Waals surface area contributed by atoms with Crippen molar-refractivity contribution in [2.75, 3.05) is 98.4 Å². The Morgan fingerprint density at radius 1 is 0.625 bits per heavy atom. The van der Waals surface area contributed by atoms with Crippen LogP contribution in [0.3, 0.4) is 0 Å². The molecule has 0 bridgehead atoms. The van der Waals surface area contributed by atoms with Crippen LogP contribution in [0, 0.1) is 0 Å². The number of carboxylic acid groups (broad SMARTS) is 1. The van der Waals surface area contributed by atoms with Crippen molar-refractivity contribution in [2.45, 2.75) is 45.4 Å². The maximum Gasteiger partial charge on any atom is 0.300 e. The molecule has 4 rings (SSSR count). The van der Waals surface area contributed by atoms with Gasteiger partial charge >= 0.3 is 0 Å². The number of anilines is 4. The second-order valence-electron chi connectivity index (χ2n) is 9.87. The van der Waals surface area contributed by atoms with Gasteiger partial charge in [0.1, 0.15) is 11.0 Å². The summed E-state index contributed by atoms with van der Waals surface area (Å²) in [5, 5.41) is 46.0. The van der Waals surface area contributed by atoms with Crippen LogP contribution in [0.2, 0.25) is 0 Å². The molecule has 0 spiro atoms. The van der Waals surface area contributed by atoms with Crippen LogP contribution >= 0.6 is 0 Å². The van der Waals surface area contributed by atoms with Crippen molar-refractivity contribution in [3.8, 4) is 0 Å². The zero-order valence-corrected chi connectivity index (χ0v) is 23.4. The van der Waals surface area contributed by atoms with Gasteiger partial charge in [0.25, 0.3) is 5.97 Å². The number of aromatic nitrogens is 4. The highest BCUT2D eigenvalue weighted by Gasteiger charge is 2.27. The van der Waals surface area contributed by atoms with Crippen LogP contribution < -0.4 is 19.6 Å². The van der Waals surface area contributed by atoms with E-state index in [9.17, 15) is 20.4 Å². The SMILES string of the molecule is CC(=O)O.OCCN(CCO)c1nc(N2CCCCC2)c2nc(N(CCO)CCO)nc(N3CCCCC3)c2n1. The molecule has 0 aliphatic carbocycles. The first-order valence-corrected chi connectivity index (χ1v) is 14.2. The Kier molecular flexibility index (Phi) is 12.8. The van der Waals surface area contributed by atoms with Gasteiger partial charge < -0.3 is 45.1 Å². The van der Waals surface area contributed by atoms with Crippen LogP contribution in [0.15, 0.2) is 0 Å². The maximum atomic E-state index is 9.64. The molecule has 2 aliphatic rings. The van der Waals surface area contributed by atoms with Gasteiger partial charge in [-0.3, -0.25) is 4.79 Å². The van der Waals surface area contributed by atoms with E-state index in [1.807, 2.05) is 0 Å². The highest BCUT2D eigenvalue weighted by Crippen LogP contribution is 2.34. The van der Waals surface area contributed by atoms with Crippen molar-refractivity contribution in [3.05, 3.63) is 0 Å². The molecule has 2 aromatic heterocycles. The number of nitrogens with zero attached hydrogens (tertiary/aromatic N) is 8. The standard InChI is InChI=1S/C24H40N8O4.C2H4O2/c33-15-11-31(12-16-34)23-26-20-19(21(27-23)29-7-3-1-4-8-29)25-24(32(13-17-35)14-18-36)28-22(20)30-9-5-2-6-10-30;1-2(3)4/h33-36H,1-18H2;1H3,(H,3,4). The van der Waals surface area contributed by atoms with Gasteiger partial charge in [0.05, 0.1) is 26.4 Å². The van der Waals surface area contributed by atoms with E-state index in [0.717, 1.165) is 70.4 Å². The Balaban J connectivity index is 0.00000103. The van der Waals surface area contributed by atoms with Crippen LogP contribution in [0.25, 0.3) is 11.0 Å². The normalized spacial score (nSPS) is 15.5. The van der Waals surface area contributed by atoms with Crippen LogP contribution in [0.5, 0.6) is 0 Å². The second-order valence-corrected chi connectivity index (χ2v) is 9.87. The quantitative estimate of drug-likeness (QED) is 0.233. The monoisotopic (exact) mass is 564 g/mol. The molecule has 0 aromatic carbocycles. The highest BCUT2D eigenvalue weighted by molar-refractivity contribution is 5.95. The van der Waals surface area contributed by atoms with Gasteiger partial charge in [0.15, 0.2) is 11.6 Å². The lowest BCUT2D eigenvalue weighted by Gasteiger charge is -2.33. The Morgan fingerprint density at radius 3 is 1.20 bits per heavy atom. The van der Waals surface area contributed by atoms with E-state index in [1.54, 1.807) is 9.80 Å². The lowest BCUT2D eigenvalue weighted by Crippen LogP contribution is -2.36. The number of hydrogen-bond donors (Lipinski definition) is 5. The summed E-state index contributed by atoms with van der Waals surface area (Å²) >= 11 is 0. The molecule has 4 heterocycles. The van der Waals surface area contributed by atoms with Crippen molar-refractivity contribution >= 4 is 40.5 Å². The summed E-state index contributed by atoms with van der Waals surface area (Å²) in [6, 6.07) is 0. The Hall–Kier alpha value is -3.07. The minimum absolute atomic E-state index is 0.0772. The number of carboxylic acids is 1. The predicted octanol–water partition coefficient (Wildman–Crippen LogP) is 0.0733. The van der Waals surface area contributed by atoms with E-state index in [1.165, 1.54) is 12.8 Å². The average Bonchev–Trinajstić information content (AvgIpc) is 2.96. The molecule has 0 amide bonds. The van der Waals surface area contributed by atoms with E-state index < -0.39 is 5.97 Å². The van der Waals surface area contributed by atoms with E-state index in [-0.39, 0.29) is 26.4 Å². The van der Waals surface area contributed by atoms with Gasteiger partial charge in [0.2, 0.25) is 11.9 Å². The fourth-order valence-corrected chi connectivity index (χ4v) is 5.00. The molecule has 2 saturated heterocycles. The van der Waals surface area contributed by atoms with E-state index in [0.29, 0.717) is 49.1 Å². The molecular weight excluding hydrogens is 520 g/mol. The van der Waals surface area contributed by atoms with Crippen LogP contribution in [-0.4, -0.2) is 130 Å². The molecule has 2 aliphatic heterocycles. The third kappa shape index (κ3) is 8.46. The highest BCUT2D eigenvalue weighted by atomic mass is 16.4. The van der Waals surface area contributed by atoms with Crippen LogP contribution in [0.4, 0.5) is 23.5 Å². The van der Waals surface area contributed by atoms with Crippen molar-refractivity contribution in [3.63, 3.8) is 0 Å². The van der Waals surface area contributed by atoms with Crippen molar-refractivity contribution in [1.82, 2.24) is 19.9 Å². The summed E-state index contributed by atoms with van der Waals surface area (Å²) in [6.07, 6.45) is 6.61. The zero-order valence-electron chi connectivity index (χ0n) is 23.4. The number of fused-ring (bicyclic) bond motifs is 1. The van der Waals surface area contributed by atoms with Gasteiger partial charge in [-0.1, -0.05) is 0 Å². The summed E-state index contributed by atoms with van der Waals surface area (Å²) in [6.45, 7) is 5.46. The third-order valence-corrected chi connectivity index (χ3v) is 6.84. The molecule has 40 heavy (non-hydrogen) atoms. The van der Waals surface area contributed by atoms with Crippen molar-refractivity contribution in [1.29, 1.82) is 0 Å². The van der Waals surface area contributed by atoms with Crippen LogP contribution in [0.1, 0.15) is 45.4 Å². The first-order chi connectivity index (χ1) is 19.4. The first kappa shape index (κ1) is 31.5. The molecule has 14 heteroatoms. The fourth-order valence-electron chi connectivity index (χ4n) is 5.00. The minimum Gasteiger partial charge on any atom is -0.481 e. The third-order valence-electron chi connectivity index (χ3n) is 6.84. The molecule has 224 valence electrons. The average molecular weight is 565 g/mol. The largest absolute Gasteiger partial charge is 0.481 e. The number of rotatable bonds is 12. The van der Waals surface area contributed by atoms with Gasteiger partial charge in [-0.2, -0.15) is 9.97 Å². The van der Waals surface area contributed by atoms with E-state index >= 15 is 0 Å². The van der Waals surface area contributed by atoms with Gasteiger partial charge in [-0.15, -0.1) is 0 Å². The number of aliphatic hydroxyl groups excluding tert-OH is 4. The Morgan fingerprint density at radius 2 is 0.925 bits per heavy atom. The molecule has 14 nitrogen and oxygen atoms in total. The van der Waals surface area contributed by atoms with E-state index in [4.69, 9.17) is 29.8 Å². The first-order valence-electron chi connectivity index (χ1n) is 14.2. The van der Waals surface area contributed by atoms with Gasteiger partial charge in [-0.25, -0.2) is 9.97 Å². The Bertz CT molecular complexity index is 972. The number of carbonyl (C=O) groups is 1. The Labute approximate surface area is 234 Å². The molecule has 5 N–H and O–H groups in total. The smallest absolute Gasteiger partial charge is 0.300 e. The summed E-state index contributed by atoms with van der Waals surface area (Å²) in [5.74, 6) is 1.52. The second kappa shape index (κ2) is 16.3. The molecule has 0 atom stereocenters. The van der Waals surface area contributed by atoms with E-state index in [2.05, 4.69) is 9.80 Å². The molecule has 0 unspecified atom stereocenters. The predicted molar refractivity (Wildman–Crippen MR) is 153 cm³/mol. The van der Waals surface area contributed by atoms with Crippen molar-refractivity contribution in [2.24, 2.45) is 0 Å². The van der Waals surface area contributed by atoms with Crippen LogP contribution in [-0.2, 0) is 4.79 Å². The lowest BCUT2D eigenvalue weighted by molar-refractivity contribution is -0.134. The van der Waals surface area contributed by atoms with Crippen molar-refractivity contribution < 1.29 is 30.3 Å². The summed E-state index contributed by atoms with van der Waals surface area (Å²) in [5.41, 5.74) is 1.31. The topological polar surface area (TPSA) is 183 Å². The molecule has 2 fully saturated rings. The molecular formula is C26H44N8O6. The maximum absolute atomic E-state index is 9.64. The summed E-state index contributed by atoms with van der Waals surface area (Å²) < 4.78 is 0. The number of aliphatic carboxylic acids is 1. The molecule has 0 saturated carbocycles. The molecule has 2 aromatic rings. The van der Waals surface area contributed by atoms with Gasteiger partial charge in [-0.05, 0) is 38.5 Å². The zero-order chi connectivity index (χ0) is 28.9. The molecule has 0 radical (unpaired) electrons. The minimum atomic E-state index is -0.833. The number of aliphatic hydroxyl groups is 4. The summed E-state index contributed by atoms with van der Waals surface area (Å²) in [4.78, 5) is 36.8. The fraction of sp³-hybridized carbons (Fsp3) is 0.731. The lowest BCUT2D eigenvalue weighted by atomic mass is 10.1. The van der Waals surface area contributed by atoms with Gasteiger partial charge in [0, 0.05) is 59.3 Å². The number of hydrogen-bond acceptors (Lipinski definition) is 13. The summed E-state index contributed by atoms with van der Waals surface area (Å²) in [7, 11) is 0. The number of piperidine rings is 2.